The first-order valence-electron chi connectivity index (χ1n) is 6.62. The van der Waals surface area contributed by atoms with Gasteiger partial charge in [-0.3, -0.25) is 9.59 Å². The second-order valence-electron chi connectivity index (χ2n) is 4.91. The van der Waals surface area contributed by atoms with E-state index in [2.05, 4.69) is 0 Å². The maximum Gasteiger partial charge on any atom is 0.309 e. The zero-order valence-corrected chi connectivity index (χ0v) is 12.7. The van der Waals surface area contributed by atoms with Crippen molar-refractivity contribution in [1.29, 1.82) is 0 Å². The number of hydrogen-bond donors (Lipinski definition) is 0. The summed E-state index contributed by atoms with van der Waals surface area (Å²) in [6, 6.07) is 0. The number of cyclic esters (lactones) is 2. The summed E-state index contributed by atoms with van der Waals surface area (Å²) in [5.74, 6) is 1.37. The second kappa shape index (κ2) is 7.53. The van der Waals surface area contributed by atoms with Crippen molar-refractivity contribution in [3.63, 3.8) is 0 Å². The Morgan fingerprint density at radius 1 is 0.850 bits per heavy atom. The molecule has 4 atom stereocenters. The molecule has 20 heavy (non-hydrogen) atoms. The topological polar surface area (TPSA) is 98.7 Å². The molecule has 2 heterocycles. The summed E-state index contributed by atoms with van der Waals surface area (Å²) < 4.78 is 33.0. The van der Waals surface area contributed by atoms with E-state index >= 15 is 0 Å². The Bertz CT molecular complexity index is 314. The minimum Gasteiger partial charge on any atom is -0.616 e. The minimum absolute atomic E-state index is 0.0785. The number of rotatable bonds is 9. The molecule has 4 unspecified atom stereocenters. The summed E-state index contributed by atoms with van der Waals surface area (Å²) in [5.41, 5.74) is 0. The van der Waals surface area contributed by atoms with E-state index in [1.54, 1.807) is 0 Å². The van der Waals surface area contributed by atoms with E-state index in [1.165, 1.54) is 0 Å². The molecule has 6 nitrogen and oxygen atoms in total. The van der Waals surface area contributed by atoms with E-state index in [-0.39, 0.29) is 24.1 Å². The van der Waals surface area contributed by atoms with Crippen LogP contribution in [-0.2, 0) is 41.4 Å². The highest BCUT2D eigenvalue weighted by molar-refractivity contribution is 7.95. The zero-order chi connectivity index (χ0) is 14.5. The van der Waals surface area contributed by atoms with Crippen LogP contribution in [0.1, 0.15) is 25.7 Å². The van der Waals surface area contributed by atoms with E-state index in [0.29, 0.717) is 48.7 Å². The van der Waals surface area contributed by atoms with Gasteiger partial charge < -0.3 is 18.6 Å². The van der Waals surface area contributed by atoms with Gasteiger partial charge in [-0.1, -0.05) is 0 Å². The fourth-order valence-electron chi connectivity index (χ4n) is 1.96. The monoisotopic (exact) mass is 322 g/mol. The van der Waals surface area contributed by atoms with Gasteiger partial charge in [0.05, 0.1) is 12.8 Å². The number of carbonyl (C=O) groups excluding carboxylic acids is 2. The Morgan fingerprint density at radius 2 is 1.20 bits per heavy atom. The zero-order valence-electron chi connectivity index (χ0n) is 11.1. The number of esters is 2. The molecule has 0 spiro atoms. The average molecular weight is 322 g/mol. The van der Waals surface area contributed by atoms with Gasteiger partial charge in [0.15, 0.2) is 0 Å². The smallest absolute Gasteiger partial charge is 0.309 e. The van der Waals surface area contributed by atoms with Crippen molar-refractivity contribution in [2.24, 2.45) is 0 Å². The standard InChI is InChI=1S/C12H18O6S2/c13-11-7-9(17-11)1-3-19(15)5-6-20(16)4-2-10-8-12(14)18-10/h9-10H,1-8H2. The van der Waals surface area contributed by atoms with E-state index in [4.69, 9.17) is 9.47 Å². The molecule has 0 saturated carbocycles. The molecule has 114 valence electrons. The Hall–Kier alpha value is -0.440. The first kappa shape index (κ1) is 15.9. The number of ether oxygens (including phenoxy) is 2. The van der Waals surface area contributed by atoms with Crippen molar-refractivity contribution in [3.05, 3.63) is 0 Å². The Balaban J connectivity index is 1.46. The highest BCUT2D eigenvalue weighted by Gasteiger charge is 2.31. The fourth-order valence-corrected chi connectivity index (χ4v) is 4.91. The van der Waals surface area contributed by atoms with Crippen LogP contribution < -0.4 is 0 Å². The van der Waals surface area contributed by atoms with Crippen LogP contribution in [-0.4, -0.2) is 56.3 Å². The maximum atomic E-state index is 11.7. The van der Waals surface area contributed by atoms with Gasteiger partial charge in [0, 0.05) is 12.8 Å². The summed E-state index contributed by atoms with van der Waals surface area (Å²) in [4.78, 5) is 21.2. The predicted molar refractivity (Wildman–Crippen MR) is 74.0 cm³/mol. The molecule has 8 heteroatoms. The van der Waals surface area contributed by atoms with Crippen molar-refractivity contribution in [3.8, 4) is 0 Å². The first-order valence-corrected chi connectivity index (χ1v) is 9.59. The molecular weight excluding hydrogens is 304 g/mol. The molecule has 2 rings (SSSR count). The van der Waals surface area contributed by atoms with Gasteiger partial charge in [-0.25, -0.2) is 0 Å². The Morgan fingerprint density at radius 3 is 1.50 bits per heavy atom. The van der Waals surface area contributed by atoms with E-state index < -0.39 is 22.4 Å². The van der Waals surface area contributed by atoms with Crippen molar-refractivity contribution in [2.45, 2.75) is 37.9 Å². The van der Waals surface area contributed by atoms with Crippen molar-refractivity contribution in [2.75, 3.05) is 23.0 Å². The lowest BCUT2D eigenvalue weighted by Gasteiger charge is -2.26. The quantitative estimate of drug-likeness (QED) is 0.434. The molecule has 0 radical (unpaired) electrons. The SMILES string of the molecule is O=C1CC(CC[S+]([O-])CC[S+]([O-])CCC2CC(=O)O2)O1. The van der Waals surface area contributed by atoms with Gasteiger partial charge >= 0.3 is 11.9 Å². The normalized spacial score (nSPS) is 27.9. The summed E-state index contributed by atoms with van der Waals surface area (Å²) in [6.07, 6.45) is 1.91. The number of carbonyl (C=O) groups is 2. The van der Waals surface area contributed by atoms with Crippen LogP contribution in [0.25, 0.3) is 0 Å². The summed E-state index contributed by atoms with van der Waals surface area (Å²) in [5, 5.41) is 0. The predicted octanol–water partition coefficient (Wildman–Crippen LogP) is -0.105. The second-order valence-corrected chi connectivity index (χ2v) is 8.30. The van der Waals surface area contributed by atoms with Gasteiger partial charge in [-0.15, -0.1) is 0 Å². The molecule has 0 aromatic rings. The van der Waals surface area contributed by atoms with Crippen LogP contribution in [0.5, 0.6) is 0 Å². The Labute approximate surface area is 123 Å². The lowest BCUT2D eigenvalue weighted by atomic mass is 10.1. The highest BCUT2D eigenvalue weighted by atomic mass is 32.2. The van der Waals surface area contributed by atoms with Crippen LogP contribution in [0.4, 0.5) is 0 Å². The van der Waals surface area contributed by atoms with Gasteiger partial charge in [-0.2, -0.15) is 0 Å². The van der Waals surface area contributed by atoms with Gasteiger partial charge in [0.1, 0.15) is 35.2 Å². The largest absolute Gasteiger partial charge is 0.616 e. The van der Waals surface area contributed by atoms with Crippen LogP contribution in [0.2, 0.25) is 0 Å². The maximum absolute atomic E-state index is 11.7. The van der Waals surface area contributed by atoms with E-state index in [9.17, 15) is 18.7 Å². The van der Waals surface area contributed by atoms with Crippen LogP contribution in [0.3, 0.4) is 0 Å². The third kappa shape index (κ3) is 5.16. The molecular formula is C12H18O6S2. The van der Waals surface area contributed by atoms with Crippen LogP contribution in [0.15, 0.2) is 0 Å². The molecule has 2 saturated heterocycles. The summed E-state index contributed by atoms with van der Waals surface area (Å²) >= 11 is -2.04. The summed E-state index contributed by atoms with van der Waals surface area (Å²) in [6.45, 7) is 0. The van der Waals surface area contributed by atoms with Gasteiger partial charge in [0.2, 0.25) is 0 Å². The Kier molecular flexibility index (Phi) is 6.01. The van der Waals surface area contributed by atoms with Crippen molar-refractivity contribution >= 4 is 34.3 Å². The minimum atomic E-state index is -1.02. The lowest BCUT2D eigenvalue weighted by molar-refractivity contribution is -0.170. The van der Waals surface area contributed by atoms with E-state index in [0.717, 1.165) is 0 Å². The number of hydrogen-bond acceptors (Lipinski definition) is 6. The highest BCUT2D eigenvalue weighted by Crippen LogP contribution is 2.19. The van der Waals surface area contributed by atoms with Gasteiger partial charge in [-0.05, 0) is 22.4 Å². The third-order valence-electron chi connectivity index (χ3n) is 3.26. The van der Waals surface area contributed by atoms with Crippen molar-refractivity contribution < 1.29 is 28.2 Å². The van der Waals surface area contributed by atoms with E-state index in [1.807, 2.05) is 0 Å². The summed E-state index contributed by atoms with van der Waals surface area (Å²) in [7, 11) is 0. The van der Waals surface area contributed by atoms with Crippen LogP contribution >= 0.6 is 0 Å². The molecule has 0 aromatic carbocycles. The van der Waals surface area contributed by atoms with Crippen molar-refractivity contribution in [1.82, 2.24) is 0 Å². The molecule has 0 amide bonds. The fraction of sp³-hybridized carbons (Fsp3) is 0.833. The first-order chi connectivity index (χ1) is 9.52. The van der Waals surface area contributed by atoms with Crippen LogP contribution in [0, 0.1) is 0 Å². The average Bonchev–Trinajstić information content (AvgIpc) is 2.34. The molecule has 0 aliphatic carbocycles. The molecule has 2 aliphatic rings. The molecule has 0 aromatic heterocycles. The van der Waals surface area contributed by atoms with Gasteiger partial charge in [0.25, 0.3) is 0 Å². The third-order valence-corrected chi connectivity index (χ3v) is 6.22. The molecule has 2 aliphatic heterocycles. The molecule has 0 N–H and O–H groups in total. The molecule has 0 bridgehead atoms. The molecule has 2 fully saturated rings. The lowest BCUT2D eigenvalue weighted by Crippen LogP contribution is -2.35.